The van der Waals surface area contributed by atoms with Crippen LogP contribution in [0.5, 0.6) is 0 Å². The van der Waals surface area contributed by atoms with Crippen molar-refractivity contribution in [3.05, 3.63) is 17.2 Å². The number of carboxylic acid groups (broad SMARTS) is 1. The van der Waals surface area contributed by atoms with Crippen molar-refractivity contribution in [2.24, 2.45) is 5.18 Å². The second kappa shape index (κ2) is 3.14. The third kappa shape index (κ3) is 1.54. The van der Waals surface area contributed by atoms with Crippen LogP contribution in [0.15, 0.2) is 17.5 Å². The quantitative estimate of drug-likeness (QED) is 0.567. The Morgan fingerprint density at radius 1 is 1.82 bits per heavy atom. The van der Waals surface area contributed by atoms with E-state index in [1.807, 2.05) is 0 Å². The fourth-order valence-electron chi connectivity index (χ4n) is 0.985. The molecule has 0 aromatic rings. The van der Waals surface area contributed by atoms with E-state index in [4.69, 9.17) is 5.11 Å². The van der Waals surface area contributed by atoms with E-state index in [2.05, 4.69) is 10.5 Å². The maximum Gasteiger partial charge on any atom is 0.334 e. The first kappa shape index (κ1) is 7.71. The lowest BCUT2D eigenvalue weighted by atomic mass is 10.1. The van der Waals surface area contributed by atoms with E-state index < -0.39 is 12.0 Å². The van der Waals surface area contributed by atoms with E-state index in [9.17, 15) is 9.70 Å². The summed E-state index contributed by atoms with van der Waals surface area (Å²) in [6, 6.07) is -1.55. The van der Waals surface area contributed by atoms with E-state index in [0.717, 1.165) is 0 Å². The lowest BCUT2D eigenvalue weighted by Crippen LogP contribution is -2.38. The van der Waals surface area contributed by atoms with Crippen molar-refractivity contribution >= 4 is 5.97 Å². The van der Waals surface area contributed by atoms with Crippen LogP contribution >= 0.6 is 0 Å². The molecule has 5 heteroatoms. The average molecular weight is 156 g/mol. The zero-order chi connectivity index (χ0) is 8.27. The number of rotatable bonds is 3. The molecular formula is C6H8N2O3. The first-order valence-corrected chi connectivity index (χ1v) is 3.22. The van der Waals surface area contributed by atoms with Gasteiger partial charge in [0.25, 0.3) is 0 Å². The number of nitroso groups, excluding NO2 is 1. The van der Waals surface area contributed by atoms with Crippen molar-refractivity contribution in [1.29, 1.82) is 0 Å². The van der Waals surface area contributed by atoms with E-state index >= 15 is 0 Å². The molecule has 0 radical (unpaired) electrons. The van der Waals surface area contributed by atoms with E-state index in [-0.39, 0.29) is 6.04 Å². The average Bonchev–Trinajstić information content (AvgIpc) is 2.40. The Hall–Kier alpha value is -1.39. The summed E-state index contributed by atoms with van der Waals surface area (Å²) < 4.78 is 0. The van der Waals surface area contributed by atoms with Crippen LogP contribution in [0, 0.1) is 4.91 Å². The molecule has 0 aliphatic carbocycles. The Kier molecular flexibility index (Phi) is 2.20. The Balaban J connectivity index is 2.55. The maximum atomic E-state index is 10.4. The highest BCUT2D eigenvalue weighted by Crippen LogP contribution is 2.09. The predicted molar refractivity (Wildman–Crippen MR) is 37.9 cm³/mol. The number of aliphatic carboxylic acids is 1. The second-order valence-corrected chi connectivity index (χ2v) is 2.30. The Morgan fingerprint density at radius 2 is 2.55 bits per heavy atom. The highest BCUT2D eigenvalue weighted by molar-refractivity contribution is 5.74. The molecule has 0 saturated heterocycles. The van der Waals surface area contributed by atoms with Gasteiger partial charge < -0.3 is 10.4 Å². The van der Waals surface area contributed by atoms with Crippen LogP contribution in [0.25, 0.3) is 0 Å². The van der Waals surface area contributed by atoms with Gasteiger partial charge in [-0.15, -0.1) is 4.91 Å². The van der Waals surface area contributed by atoms with Crippen LogP contribution in [0.1, 0.15) is 6.42 Å². The number of carboxylic acids is 1. The van der Waals surface area contributed by atoms with Crippen LogP contribution in [0.2, 0.25) is 0 Å². The Labute approximate surface area is 63.1 Å². The molecule has 1 aliphatic rings. The minimum atomic E-state index is -1.18. The van der Waals surface area contributed by atoms with Crippen molar-refractivity contribution in [2.45, 2.75) is 18.5 Å². The molecule has 5 nitrogen and oxygen atoms in total. The van der Waals surface area contributed by atoms with Crippen LogP contribution in [-0.4, -0.2) is 23.2 Å². The van der Waals surface area contributed by atoms with Crippen molar-refractivity contribution in [1.82, 2.24) is 5.32 Å². The third-order valence-corrected chi connectivity index (χ3v) is 1.57. The summed E-state index contributed by atoms with van der Waals surface area (Å²) in [5.41, 5.74) is 0. The van der Waals surface area contributed by atoms with Gasteiger partial charge in [0.1, 0.15) is 0 Å². The van der Waals surface area contributed by atoms with Crippen molar-refractivity contribution in [3.63, 3.8) is 0 Å². The lowest BCUT2D eigenvalue weighted by Gasteiger charge is -2.12. The highest BCUT2D eigenvalue weighted by atomic mass is 16.4. The van der Waals surface area contributed by atoms with Crippen LogP contribution in [0.3, 0.4) is 0 Å². The SMILES string of the molecule is O=NC(C(=O)O)C1CC=CN1. The molecule has 2 N–H and O–H groups in total. The minimum Gasteiger partial charge on any atom is -0.480 e. The van der Waals surface area contributed by atoms with Gasteiger partial charge in [-0.25, -0.2) is 4.79 Å². The molecule has 2 unspecified atom stereocenters. The largest absolute Gasteiger partial charge is 0.480 e. The normalized spacial score (nSPS) is 24.2. The summed E-state index contributed by atoms with van der Waals surface area (Å²) in [7, 11) is 0. The van der Waals surface area contributed by atoms with Gasteiger partial charge in [0.2, 0.25) is 6.04 Å². The molecule has 0 saturated carbocycles. The van der Waals surface area contributed by atoms with E-state index in [0.29, 0.717) is 6.42 Å². The summed E-state index contributed by atoms with van der Waals surface area (Å²) in [5, 5.41) is 13.7. The van der Waals surface area contributed by atoms with Crippen molar-refractivity contribution in [2.75, 3.05) is 0 Å². The second-order valence-electron chi connectivity index (χ2n) is 2.30. The number of nitrogens with one attached hydrogen (secondary N) is 1. The molecule has 0 amide bonds. The molecule has 0 aromatic carbocycles. The first-order valence-electron chi connectivity index (χ1n) is 3.22. The lowest BCUT2D eigenvalue weighted by molar-refractivity contribution is -0.139. The van der Waals surface area contributed by atoms with Gasteiger partial charge in [0, 0.05) is 0 Å². The maximum absolute atomic E-state index is 10.4. The zero-order valence-corrected chi connectivity index (χ0v) is 5.73. The molecule has 11 heavy (non-hydrogen) atoms. The van der Waals surface area contributed by atoms with Gasteiger partial charge in [-0.05, 0) is 12.6 Å². The van der Waals surface area contributed by atoms with Crippen LogP contribution in [0.4, 0.5) is 0 Å². The molecule has 1 heterocycles. The summed E-state index contributed by atoms with van der Waals surface area (Å²) >= 11 is 0. The summed E-state index contributed by atoms with van der Waals surface area (Å²) in [4.78, 5) is 20.4. The zero-order valence-electron chi connectivity index (χ0n) is 5.73. The third-order valence-electron chi connectivity index (χ3n) is 1.57. The molecule has 0 bridgehead atoms. The first-order chi connectivity index (χ1) is 5.25. The molecule has 1 rings (SSSR count). The molecule has 1 aliphatic heterocycles. The number of carbonyl (C=O) groups is 1. The molecule has 0 spiro atoms. The summed E-state index contributed by atoms with van der Waals surface area (Å²) in [5.74, 6) is -1.18. The topological polar surface area (TPSA) is 78.8 Å². The fraction of sp³-hybridized carbons (Fsp3) is 0.500. The monoisotopic (exact) mass is 156 g/mol. The number of nitrogens with zero attached hydrogens (tertiary/aromatic N) is 1. The molecule has 0 aromatic heterocycles. The molecule has 2 atom stereocenters. The highest BCUT2D eigenvalue weighted by Gasteiger charge is 2.29. The number of hydrogen-bond acceptors (Lipinski definition) is 4. The molecular weight excluding hydrogens is 148 g/mol. The molecule has 60 valence electrons. The summed E-state index contributed by atoms with van der Waals surface area (Å²) in [6.07, 6.45) is 3.94. The Morgan fingerprint density at radius 3 is 2.91 bits per heavy atom. The van der Waals surface area contributed by atoms with Crippen molar-refractivity contribution in [3.8, 4) is 0 Å². The van der Waals surface area contributed by atoms with Gasteiger partial charge in [-0.2, -0.15) is 0 Å². The van der Waals surface area contributed by atoms with E-state index in [1.165, 1.54) is 0 Å². The number of hydrogen-bond donors (Lipinski definition) is 2. The van der Waals surface area contributed by atoms with E-state index in [1.54, 1.807) is 12.3 Å². The van der Waals surface area contributed by atoms with Gasteiger partial charge in [-0.1, -0.05) is 11.3 Å². The minimum absolute atomic E-state index is 0.370. The Bertz CT molecular complexity index is 194. The smallest absolute Gasteiger partial charge is 0.334 e. The predicted octanol–water partition coefficient (Wildman–Crippen LogP) is 0.0816. The van der Waals surface area contributed by atoms with Crippen molar-refractivity contribution < 1.29 is 9.90 Å². The van der Waals surface area contributed by atoms with Crippen LogP contribution < -0.4 is 5.32 Å². The van der Waals surface area contributed by atoms with Crippen LogP contribution in [-0.2, 0) is 4.79 Å². The summed E-state index contributed by atoms with van der Waals surface area (Å²) in [6.45, 7) is 0. The van der Waals surface area contributed by atoms with Gasteiger partial charge in [0.05, 0.1) is 6.04 Å². The van der Waals surface area contributed by atoms with Gasteiger partial charge >= 0.3 is 5.97 Å². The molecule has 0 fully saturated rings. The van der Waals surface area contributed by atoms with Gasteiger partial charge in [0.15, 0.2) is 0 Å². The standard InChI is InChI=1S/C6H8N2O3/c9-6(10)5(8-11)4-2-1-3-7-4/h1,3-5,7H,2H2,(H,9,10). The van der Waals surface area contributed by atoms with Gasteiger partial charge in [-0.3, -0.25) is 0 Å². The fourth-order valence-corrected chi connectivity index (χ4v) is 0.985.